The molecule has 22 heavy (non-hydrogen) atoms. The Balaban J connectivity index is 2.31. The number of amides is 1. The maximum Gasteiger partial charge on any atom is 0.328 e. The summed E-state index contributed by atoms with van der Waals surface area (Å²) in [6.07, 6.45) is 1.23. The van der Waals surface area contributed by atoms with Crippen molar-refractivity contribution in [3.05, 3.63) is 49.5 Å². The van der Waals surface area contributed by atoms with E-state index in [2.05, 4.69) is 15.4 Å². The average molecular weight is 305 g/mol. The second kappa shape index (κ2) is 5.63. The summed E-state index contributed by atoms with van der Waals surface area (Å²) in [6, 6.07) is -0.308. The highest BCUT2D eigenvalue weighted by molar-refractivity contribution is 5.93. The van der Waals surface area contributed by atoms with Gasteiger partial charge in [-0.25, -0.2) is 4.79 Å². The molecule has 2 heterocycles. The number of aromatic nitrogens is 4. The minimum absolute atomic E-state index is 0.104. The molecule has 2 aromatic rings. The van der Waals surface area contributed by atoms with E-state index in [9.17, 15) is 14.4 Å². The summed E-state index contributed by atoms with van der Waals surface area (Å²) in [5.41, 5.74) is 1.31. The Morgan fingerprint density at radius 3 is 2.50 bits per heavy atom. The summed E-state index contributed by atoms with van der Waals surface area (Å²) >= 11 is 0. The summed E-state index contributed by atoms with van der Waals surface area (Å²) in [5, 5.41) is 7.07. The quantitative estimate of drug-likeness (QED) is 0.827. The average Bonchev–Trinajstić information content (AvgIpc) is 2.67. The lowest BCUT2D eigenvalue weighted by Crippen LogP contribution is -2.37. The van der Waals surface area contributed by atoms with E-state index in [1.807, 2.05) is 27.8 Å². The molecule has 2 N–H and O–H groups in total. The van der Waals surface area contributed by atoms with Gasteiger partial charge in [-0.3, -0.25) is 19.3 Å². The van der Waals surface area contributed by atoms with Crippen LogP contribution in [0.1, 0.15) is 40.3 Å². The van der Waals surface area contributed by atoms with E-state index in [-0.39, 0.29) is 11.6 Å². The maximum atomic E-state index is 12.3. The van der Waals surface area contributed by atoms with Crippen molar-refractivity contribution in [2.24, 2.45) is 14.1 Å². The van der Waals surface area contributed by atoms with E-state index in [1.165, 1.54) is 13.2 Å². The van der Waals surface area contributed by atoms with Crippen molar-refractivity contribution < 1.29 is 4.79 Å². The molecule has 0 saturated carbocycles. The standard InChI is InChI=1S/C14H19N5O3/c1-7(11-8(2)17-19(5)9(11)3)15-12(20)10-6-18(4)14(22)16-13(10)21/h6-7H,1-5H3,(H,15,20)(H,16,21,22)/t7-/m0/s1. The predicted octanol–water partition coefficient (Wildman–Crippen LogP) is -0.0851. The van der Waals surface area contributed by atoms with Gasteiger partial charge < -0.3 is 9.88 Å². The third-order valence-electron chi connectivity index (χ3n) is 3.70. The zero-order valence-corrected chi connectivity index (χ0v) is 13.2. The Kier molecular flexibility index (Phi) is 4.03. The fourth-order valence-corrected chi connectivity index (χ4v) is 2.49. The molecule has 8 heteroatoms. The van der Waals surface area contributed by atoms with Crippen molar-refractivity contribution in [2.75, 3.05) is 0 Å². The van der Waals surface area contributed by atoms with Crippen LogP contribution in [-0.2, 0) is 14.1 Å². The third kappa shape index (κ3) is 2.72. The van der Waals surface area contributed by atoms with Crippen molar-refractivity contribution in [1.82, 2.24) is 24.6 Å². The molecular formula is C14H19N5O3. The van der Waals surface area contributed by atoms with Gasteiger partial charge in [0.25, 0.3) is 11.5 Å². The lowest BCUT2D eigenvalue weighted by atomic mass is 10.1. The van der Waals surface area contributed by atoms with Gasteiger partial charge >= 0.3 is 5.69 Å². The predicted molar refractivity (Wildman–Crippen MR) is 80.9 cm³/mol. The molecule has 0 aliphatic rings. The second-order valence-corrected chi connectivity index (χ2v) is 5.32. The van der Waals surface area contributed by atoms with Crippen molar-refractivity contribution >= 4 is 5.91 Å². The first-order valence-electron chi connectivity index (χ1n) is 6.83. The molecule has 0 fully saturated rings. The van der Waals surface area contributed by atoms with Crippen molar-refractivity contribution in [1.29, 1.82) is 0 Å². The molecule has 1 amide bonds. The van der Waals surface area contributed by atoms with Crippen LogP contribution in [0, 0.1) is 13.8 Å². The number of hydrogen-bond acceptors (Lipinski definition) is 4. The summed E-state index contributed by atoms with van der Waals surface area (Å²) in [6.45, 7) is 5.60. The van der Waals surface area contributed by atoms with Gasteiger partial charge in [-0.2, -0.15) is 5.10 Å². The Morgan fingerprint density at radius 1 is 1.32 bits per heavy atom. The first-order valence-corrected chi connectivity index (χ1v) is 6.83. The number of aromatic amines is 1. The highest BCUT2D eigenvalue weighted by atomic mass is 16.2. The van der Waals surface area contributed by atoms with E-state index >= 15 is 0 Å². The van der Waals surface area contributed by atoms with Gasteiger partial charge in [-0.05, 0) is 20.8 Å². The molecule has 0 aliphatic carbocycles. The molecule has 0 spiro atoms. The first-order chi connectivity index (χ1) is 10.2. The van der Waals surface area contributed by atoms with E-state index in [1.54, 1.807) is 4.68 Å². The van der Waals surface area contributed by atoms with Crippen LogP contribution in [-0.4, -0.2) is 25.2 Å². The second-order valence-electron chi connectivity index (χ2n) is 5.32. The lowest BCUT2D eigenvalue weighted by molar-refractivity contribution is 0.0937. The molecule has 0 aliphatic heterocycles. The number of nitrogens with one attached hydrogen (secondary N) is 2. The topological polar surface area (TPSA) is 102 Å². The van der Waals surface area contributed by atoms with Gasteiger partial charge in [0, 0.05) is 31.5 Å². The first kappa shape index (κ1) is 15.7. The zero-order chi connectivity index (χ0) is 16.6. The van der Waals surface area contributed by atoms with Crippen LogP contribution in [0.2, 0.25) is 0 Å². The number of nitrogens with zero attached hydrogens (tertiary/aromatic N) is 3. The van der Waals surface area contributed by atoms with Gasteiger partial charge in [-0.1, -0.05) is 0 Å². The summed E-state index contributed by atoms with van der Waals surface area (Å²) < 4.78 is 2.90. The molecule has 0 radical (unpaired) electrons. The molecule has 0 bridgehead atoms. The van der Waals surface area contributed by atoms with Crippen LogP contribution >= 0.6 is 0 Å². The molecule has 8 nitrogen and oxygen atoms in total. The minimum Gasteiger partial charge on any atom is -0.345 e. The van der Waals surface area contributed by atoms with E-state index in [4.69, 9.17) is 0 Å². The van der Waals surface area contributed by atoms with Crippen LogP contribution in [0.15, 0.2) is 15.8 Å². The van der Waals surface area contributed by atoms with Crippen molar-refractivity contribution in [2.45, 2.75) is 26.8 Å². The molecule has 1 atom stereocenters. The fraction of sp³-hybridized carbons (Fsp3) is 0.429. The number of H-pyrrole nitrogens is 1. The van der Waals surface area contributed by atoms with Crippen LogP contribution in [0.3, 0.4) is 0 Å². The Bertz CT molecular complexity index is 843. The zero-order valence-electron chi connectivity index (χ0n) is 13.2. The van der Waals surface area contributed by atoms with Gasteiger partial charge in [0.15, 0.2) is 0 Å². The van der Waals surface area contributed by atoms with E-state index in [0.29, 0.717) is 0 Å². The Hall–Kier alpha value is -2.64. The Morgan fingerprint density at radius 2 is 1.95 bits per heavy atom. The maximum absolute atomic E-state index is 12.3. The highest BCUT2D eigenvalue weighted by Crippen LogP contribution is 2.20. The third-order valence-corrected chi connectivity index (χ3v) is 3.70. The highest BCUT2D eigenvalue weighted by Gasteiger charge is 2.20. The smallest absolute Gasteiger partial charge is 0.328 e. The Labute approximate surface area is 126 Å². The fourth-order valence-electron chi connectivity index (χ4n) is 2.49. The van der Waals surface area contributed by atoms with Crippen LogP contribution < -0.4 is 16.6 Å². The number of aryl methyl sites for hydroxylation is 3. The molecule has 0 unspecified atom stereocenters. The van der Waals surface area contributed by atoms with Gasteiger partial charge in [-0.15, -0.1) is 0 Å². The van der Waals surface area contributed by atoms with Gasteiger partial charge in [0.05, 0.1) is 11.7 Å². The molecule has 2 rings (SSSR count). The molecule has 2 aromatic heterocycles. The molecule has 0 aromatic carbocycles. The lowest BCUT2D eigenvalue weighted by Gasteiger charge is -2.14. The molecule has 0 saturated heterocycles. The molecule has 118 valence electrons. The van der Waals surface area contributed by atoms with Crippen LogP contribution in [0.4, 0.5) is 0 Å². The SMILES string of the molecule is Cc1nn(C)c(C)c1[C@H](C)NC(=O)c1cn(C)c(=O)[nH]c1=O. The number of carbonyl (C=O) groups is 1. The van der Waals surface area contributed by atoms with E-state index < -0.39 is 17.2 Å². The monoisotopic (exact) mass is 305 g/mol. The van der Waals surface area contributed by atoms with Crippen LogP contribution in [0.25, 0.3) is 0 Å². The summed E-state index contributed by atoms with van der Waals surface area (Å²) in [7, 11) is 3.30. The number of carbonyl (C=O) groups excluding carboxylic acids is 1. The molecular weight excluding hydrogens is 286 g/mol. The number of rotatable bonds is 3. The summed E-state index contributed by atoms with van der Waals surface area (Å²) in [5.74, 6) is -0.535. The summed E-state index contributed by atoms with van der Waals surface area (Å²) in [4.78, 5) is 37.4. The van der Waals surface area contributed by atoms with Crippen molar-refractivity contribution in [3.63, 3.8) is 0 Å². The normalized spacial score (nSPS) is 12.2. The largest absolute Gasteiger partial charge is 0.345 e. The van der Waals surface area contributed by atoms with E-state index in [0.717, 1.165) is 21.5 Å². The van der Waals surface area contributed by atoms with Gasteiger partial charge in [0.2, 0.25) is 0 Å². The number of hydrogen-bond donors (Lipinski definition) is 2. The minimum atomic E-state index is -0.701. The van der Waals surface area contributed by atoms with Crippen LogP contribution in [0.5, 0.6) is 0 Å². The van der Waals surface area contributed by atoms with Gasteiger partial charge in [0.1, 0.15) is 5.56 Å². The van der Waals surface area contributed by atoms with Crippen molar-refractivity contribution in [3.8, 4) is 0 Å².